The number of carbonyl (C=O) groups excluding carboxylic acids is 3. The molecule has 0 saturated carbocycles. The molecule has 12 nitrogen and oxygen atoms in total. The Morgan fingerprint density at radius 1 is 1.00 bits per heavy atom. The van der Waals surface area contributed by atoms with Gasteiger partial charge in [0.15, 0.2) is 0 Å². The molecule has 3 saturated heterocycles. The van der Waals surface area contributed by atoms with Crippen molar-refractivity contribution in [3.05, 3.63) is 53.9 Å². The number of ether oxygens (including phenoxy) is 3. The molecule has 12 heteroatoms. The number of aromatic nitrogens is 2. The highest BCUT2D eigenvalue weighted by atomic mass is 16.6. The topological polar surface area (TPSA) is 109 Å². The van der Waals surface area contributed by atoms with E-state index in [4.69, 9.17) is 14.2 Å². The number of rotatable bonds is 7. The molecule has 2 unspecified atom stereocenters. The van der Waals surface area contributed by atoms with E-state index < -0.39 is 11.6 Å². The number of nitrogens with zero attached hydrogens (tertiary/aromatic N) is 6. The SMILES string of the molecule is COc1ccc(CN2C(=O)CCN(c3cnn4ccc(CN5CC6CCC(C5)N6C(=O)OC(C)(C)C)cc34)C2=O)c(OC)c1. The molecular formula is C32H40N6O6. The number of pyridine rings is 1. The van der Waals surface area contributed by atoms with E-state index in [1.807, 2.05) is 37.9 Å². The Kier molecular flexibility index (Phi) is 7.87. The van der Waals surface area contributed by atoms with Gasteiger partial charge in [-0.25, -0.2) is 14.1 Å². The number of carbonyl (C=O) groups is 3. The van der Waals surface area contributed by atoms with Crippen molar-refractivity contribution < 1.29 is 28.6 Å². The van der Waals surface area contributed by atoms with Crippen LogP contribution in [0, 0.1) is 0 Å². The lowest BCUT2D eigenvalue weighted by molar-refractivity contribution is -0.129. The lowest BCUT2D eigenvalue weighted by atomic mass is 10.1. The van der Waals surface area contributed by atoms with Gasteiger partial charge in [0.05, 0.1) is 38.2 Å². The maximum absolute atomic E-state index is 13.7. The number of amides is 4. The number of benzene rings is 1. The number of piperazine rings is 1. The van der Waals surface area contributed by atoms with Crippen LogP contribution in [-0.2, 0) is 22.6 Å². The van der Waals surface area contributed by atoms with Gasteiger partial charge in [-0.2, -0.15) is 5.10 Å². The van der Waals surface area contributed by atoms with Crippen molar-refractivity contribution >= 4 is 29.2 Å². The van der Waals surface area contributed by atoms with Gasteiger partial charge in [0, 0.05) is 62.5 Å². The van der Waals surface area contributed by atoms with E-state index in [9.17, 15) is 14.4 Å². The van der Waals surface area contributed by atoms with Crippen molar-refractivity contribution in [2.24, 2.45) is 0 Å². The smallest absolute Gasteiger partial charge is 0.410 e. The number of urea groups is 1. The first-order chi connectivity index (χ1) is 21.0. The largest absolute Gasteiger partial charge is 0.497 e. The van der Waals surface area contributed by atoms with Crippen molar-refractivity contribution in [1.29, 1.82) is 0 Å². The van der Waals surface area contributed by atoms with Gasteiger partial charge in [0.2, 0.25) is 5.91 Å². The first-order valence-electron chi connectivity index (χ1n) is 15.1. The number of methoxy groups -OCH3 is 2. The summed E-state index contributed by atoms with van der Waals surface area (Å²) in [6.45, 7) is 8.33. The van der Waals surface area contributed by atoms with E-state index in [1.54, 1.807) is 48.0 Å². The number of likely N-dealkylation sites (tertiary alicyclic amines) is 1. The van der Waals surface area contributed by atoms with Crippen LogP contribution in [0.3, 0.4) is 0 Å². The molecule has 3 aliphatic heterocycles. The van der Waals surface area contributed by atoms with Gasteiger partial charge >= 0.3 is 12.1 Å². The fourth-order valence-electron chi connectivity index (χ4n) is 6.53. The van der Waals surface area contributed by atoms with Crippen LogP contribution in [0.15, 0.2) is 42.7 Å². The number of anilines is 1. The van der Waals surface area contributed by atoms with Crippen LogP contribution in [-0.4, -0.2) is 93.9 Å². The summed E-state index contributed by atoms with van der Waals surface area (Å²) in [5, 5.41) is 4.50. The maximum atomic E-state index is 13.7. The summed E-state index contributed by atoms with van der Waals surface area (Å²) >= 11 is 0. The van der Waals surface area contributed by atoms with Crippen molar-refractivity contribution in [2.45, 2.75) is 70.8 Å². The normalized spacial score (nSPS) is 20.9. The second kappa shape index (κ2) is 11.6. The van der Waals surface area contributed by atoms with Crippen LogP contribution < -0.4 is 14.4 Å². The third-order valence-electron chi connectivity index (χ3n) is 8.56. The zero-order valence-electron chi connectivity index (χ0n) is 26.0. The Morgan fingerprint density at radius 3 is 2.43 bits per heavy atom. The summed E-state index contributed by atoms with van der Waals surface area (Å²) in [6, 6.07) is 9.30. The average molecular weight is 605 g/mol. The zero-order chi connectivity index (χ0) is 31.2. The Labute approximate surface area is 257 Å². The van der Waals surface area contributed by atoms with E-state index in [1.165, 1.54) is 4.90 Å². The number of hydrogen-bond acceptors (Lipinski definition) is 8. The molecule has 234 valence electrons. The molecule has 0 spiro atoms. The number of imide groups is 1. The molecule has 2 aromatic heterocycles. The molecule has 2 atom stereocenters. The summed E-state index contributed by atoms with van der Waals surface area (Å²) in [5.74, 6) is 0.938. The fourth-order valence-corrected chi connectivity index (χ4v) is 6.53. The van der Waals surface area contributed by atoms with Crippen LogP contribution >= 0.6 is 0 Å². The van der Waals surface area contributed by atoms with E-state index in [-0.39, 0.29) is 43.6 Å². The summed E-state index contributed by atoms with van der Waals surface area (Å²) in [5.41, 5.74) is 2.73. The molecule has 1 aromatic carbocycles. The molecular weight excluding hydrogens is 564 g/mol. The Hall–Kier alpha value is -4.32. The van der Waals surface area contributed by atoms with E-state index >= 15 is 0 Å². The average Bonchev–Trinajstić information content (AvgIpc) is 3.52. The van der Waals surface area contributed by atoms with E-state index in [0.29, 0.717) is 29.3 Å². The predicted octanol–water partition coefficient (Wildman–Crippen LogP) is 4.29. The Bertz CT molecular complexity index is 1570. The second-order valence-electron chi connectivity index (χ2n) is 12.7. The molecule has 44 heavy (non-hydrogen) atoms. The summed E-state index contributed by atoms with van der Waals surface area (Å²) < 4.78 is 18.2. The maximum Gasteiger partial charge on any atom is 0.410 e. The second-order valence-corrected chi connectivity index (χ2v) is 12.7. The molecule has 0 N–H and O–H groups in total. The van der Waals surface area contributed by atoms with Crippen LogP contribution in [0.5, 0.6) is 11.5 Å². The molecule has 0 radical (unpaired) electrons. The molecule has 0 aliphatic carbocycles. The van der Waals surface area contributed by atoms with Gasteiger partial charge in [-0.3, -0.25) is 24.4 Å². The van der Waals surface area contributed by atoms with Crippen molar-refractivity contribution in [1.82, 2.24) is 24.3 Å². The highest BCUT2D eigenvalue weighted by Gasteiger charge is 2.44. The summed E-state index contributed by atoms with van der Waals surface area (Å²) in [4.78, 5) is 46.8. The Morgan fingerprint density at radius 2 is 1.75 bits per heavy atom. The Balaban J connectivity index is 1.18. The van der Waals surface area contributed by atoms with E-state index in [2.05, 4.69) is 16.1 Å². The van der Waals surface area contributed by atoms with Crippen LogP contribution in [0.1, 0.15) is 51.2 Å². The molecule has 3 aromatic rings. The zero-order valence-corrected chi connectivity index (χ0v) is 26.0. The molecule has 6 rings (SSSR count). The van der Waals surface area contributed by atoms with Gasteiger partial charge in [0.25, 0.3) is 0 Å². The minimum absolute atomic E-state index is 0.0867. The van der Waals surface area contributed by atoms with Gasteiger partial charge in [-0.15, -0.1) is 0 Å². The van der Waals surface area contributed by atoms with Gasteiger partial charge in [-0.1, -0.05) is 0 Å². The quantitative estimate of drug-likeness (QED) is 0.393. The number of hydrogen-bond donors (Lipinski definition) is 0. The molecule has 5 heterocycles. The predicted molar refractivity (Wildman–Crippen MR) is 163 cm³/mol. The minimum Gasteiger partial charge on any atom is -0.497 e. The molecule has 3 aliphatic rings. The van der Waals surface area contributed by atoms with Gasteiger partial charge in [-0.05, 0) is 63.4 Å². The summed E-state index contributed by atoms with van der Waals surface area (Å²) in [7, 11) is 3.12. The highest BCUT2D eigenvalue weighted by molar-refractivity contribution is 6.07. The van der Waals surface area contributed by atoms with Crippen molar-refractivity contribution in [2.75, 3.05) is 38.8 Å². The lowest BCUT2D eigenvalue weighted by Gasteiger charge is -2.41. The third kappa shape index (κ3) is 5.78. The fraction of sp³-hybridized carbons (Fsp3) is 0.500. The lowest BCUT2D eigenvalue weighted by Crippen LogP contribution is -2.56. The van der Waals surface area contributed by atoms with Crippen molar-refractivity contribution in [3.63, 3.8) is 0 Å². The monoisotopic (exact) mass is 604 g/mol. The first-order valence-corrected chi connectivity index (χ1v) is 15.1. The highest BCUT2D eigenvalue weighted by Crippen LogP contribution is 2.34. The van der Waals surface area contributed by atoms with Crippen LogP contribution in [0.25, 0.3) is 5.52 Å². The standard InChI is InChI=1S/C32H40N6O6/c1-32(2,3)44-31(41)38-23-7-8-24(38)20-34(19-23)17-21-10-13-37-26(14-21)27(16-33-37)35-12-11-29(39)36(30(35)40)18-22-6-9-25(42-4)15-28(22)43-5/h6,9-10,13-16,23-24H,7-8,11-12,17-20H2,1-5H3. The van der Waals surface area contributed by atoms with Gasteiger partial charge < -0.3 is 14.2 Å². The van der Waals surface area contributed by atoms with Crippen LogP contribution in [0.2, 0.25) is 0 Å². The minimum atomic E-state index is -0.519. The van der Waals surface area contributed by atoms with Crippen molar-refractivity contribution in [3.8, 4) is 11.5 Å². The van der Waals surface area contributed by atoms with Gasteiger partial charge in [0.1, 0.15) is 17.1 Å². The number of fused-ring (bicyclic) bond motifs is 3. The van der Waals surface area contributed by atoms with Crippen LogP contribution in [0.4, 0.5) is 15.3 Å². The van der Waals surface area contributed by atoms with E-state index in [0.717, 1.165) is 37.0 Å². The molecule has 3 fully saturated rings. The molecule has 2 bridgehead atoms. The first kappa shape index (κ1) is 29.7. The third-order valence-corrected chi connectivity index (χ3v) is 8.56. The summed E-state index contributed by atoms with van der Waals surface area (Å²) in [6.07, 6.45) is 5.50. The molecule has 4 amide bonds.